The lowest BCUT2D eigenvalue weighted by Gasteiger charge is -2.16. The summed E-state index contributed by atoms with van der Waals surface area (Å²) >= 11 is 0. The van der Waals surface area contributed by atoms with Gasteiger partial charge >= 0.3 is 11.7 Å². The molecule has 0 aliphatic heterocycles. The first-order valence-electron chi connectivity index (χ1n) is 8.11. The van der Waals surface area contributed by atoms with Gasteiger partial charge in [0.15, 0.2) is 5.65 Å². The van der Waals surface area contributed by atoms with Crippen molar-refractivity contribution in [2.75, 3.05) is 6.54 Å². The standard InChI is InChI=1S/C16H21N5O5/c1-10(2)7-11(15(24)25)18-13(22)8-17-14(23)9-21-16(26)20-6-4-3-5-12(20)19-21/h3-6,10-11H,7-9H2,1-2H3,(H,17,23)(H,18,22)(H,24,25)/t11-/m0/s1. The van der Waals surface area contributed by atoms with Crippen LogP contribution in [-0.2, 0) is 20.9 Å². The molecule has 1 atom stereocenters. The van der Waals surface area contributed by atoms with Gasteiger partial charge in [-0.05, 0) is 24.5 Å². The number of carbonyl (C=O) groups is 3. The van der Waals surface area contributed by atoms with Gasteiger partial charge in [-0.1, -0.05) is 19.9 Å². The molecule has 2 aromatic rings. The van der Waals surface area contributed by atoms with Crippen LogP contribution >= 0.6 is 0 Å². The lowest BCUT2D eigenvalue weighted by Crippen LogP contribution is -2.46. The molecule has 26 heavy (non-hydrogen) atoms. The molecule has 3 N–H and O–H groups in total. The maximum atomic E-state index is 12.1. The number of aliphatic carboxylic acids is 1. The number of rotatable bonds is 8. The summed E-state index contributed by atoms with van der Waals surface area (Å²) < 4.78 is 2.28. The zero-order valence-electron chi connectivity index (χ0n) is 14.5. The van der Waals surface area contributed by atoms with E-state index in [4.69, 9.17) is 5.11 Å². The molecular weight excluding hydrogens is 342 g/mol. The first-order chi connectivity index (χ1) is 12.3. The van der Waals surface area contributed by atoms with Crippen molar-refractivity contribution >= 4 is 23.4 Å². The molecule has 0 saturated heterocycles. The Kier molecular flexibility index (Phi) is 6.10. The van der Waals surface area contributed by atoms with Crippen LogP contribution in [0.25, 0.3) is 5.65 Å². The number of hydrogen-bond donors (Lipinski definition) is 3. The molecule has 0 fully saturated rings. The molecule has 0 aromatic carbocycles. The number of fused-ring (bicyclic) bond motifs is 1. The molecule has 10 heteroatoms. The number of hydrogen-bond acceptors (Lipinski definition) is 5. The van der Waals surface area contributed by atoms with E-state index in [1.807, 2.05) is 13.8 Å². The van der Waals surface area contributed by atoms with E-state index >= 15 is 0 Å². The molecule has 10 nitrogen and oxygen atoms in total. The van der Waals surface area contributed by atoms with Crippen LogP contribution < -0.4 is 16.3 Å². The second-order valence-corrected chi connectivity index (χ2v) is 6.23. The van der Waals surface area contributed by atoms with Gasteiger partial charge in [0, 0.05) is 6.20 Å². The Morgan fingerprint density at radius 1 is 1.23 bits per heavy atom. The average Bonchev–Trinajstić information content (AvgIpc) is 2.88. The van der Waals surface area contributed by atoms with Crippen molar-refractivity contribution in [3.8, 4) is 0 Å². The maximum absolute atomic E-state index is 12.1. The highest BCUT2D eigenvalue weighted by molar-refractivity contribution is 5.87. The lowest BCUT2D eigenvalue weighted by molar-refractivity contribution is -0.142. The van der Waals surface area contributed by atoms with E-state index in [0.29, 0.717) is 5.65 Å². The van der Waals surface area contributed by atoms with Crippen molar-refractivity contribution in [2.45, 2.75) is 32.9 Å². The summed E-state index contributed by atoms with van der Waals surface area (Å²) in [4.78, 5) is 46.9. The minimum atomic E-state index is -1.13. The Bertz CT molecular complexity index is 869. The molecule has 140 valence electrons. The Hall–Kier alpha value is -3.17. The van der Waals surface area contributed by atoms with E-state index in [1.165, 1.54) is 10.6 Å². The summed E-state index contributed by atoms with van der Waals surface area (Å²) in [6.45, 7) is 2.96. The zero-order chi connectivity index (χ0) is 19.3. The second kappa shape index (κ2) is 8.28. The first kappa shape index (κ1) is 19.2. The Morgan fingerprint density at radius 2 is 1.96 bits per heavy atom. The van der Waals surface area contributed by atoms with E-state index in [9.17, 15) is 19.2 Å². The number of nitrogens with zero attached hydrogens (tertiary/aromatic N) is 3. The first-order valence-corrected chi connectivity index (χ1v) is 8.11. The molecule has 0 bridgehead atoms. The van der Waals surface area contributed by atoms with E-state index in [-0.39, 0.29) is 25.4 Å². The Morgan fingerprint density at radius 3 is 2.58 bits per heavy atom. The highest BCUT2D eigenvalue weighted by Gasteiger charge is 2.21. The SMILES string of the molecule is CC(C)C[C@H](NC(=O)CNC(=O)Cn1nc2ccccn2c1=O)C(=O)O. The third-order valence-electron chi connectivity index (χ3n) is 3.57. The van der Waals surface area contributed by atoms with Gasteiger partial charge in [-0.25, -0.2) is 14.3 Å². The Labute approximate surface area is 148 Å². The fourth-order valence-electron chi connectivity index (χ4n) is 2.38. The predicted molar refractivity (Wildman–Crippen MR) is 91.5 cm³/mol. The van der Waals surface area contributed by atoms with Crippen LogP contribution in [0, 0.1) is 5.92 Å². The van der Waals surface area contributed by atoms with E-state index in [2.05, 4.69) is 15.7 Å². The topological polar surface area (TPSA) is 135 Å². The fourth-order valence-corrected chi connectivity index (χ4v) is 2.38. The predicted octanol–water partition coefficient (Wildman–Crippen LogP) is -0.772. The van der Waals surface area contributed by atoms with Gasteiger partial charge < -0.3 is 15.7 Å². The van der Waals surface area contributed by atoms with Gasteiger partial charge in [0.25, 0.3) is 0 Å². The van der Waals surface area contributed by atoms with E-state index < -0.39 is 29.5 Å². The summed E-state index contributed by atoms with van der Waals surface area (Å²) in [5.41, 5.74) is -0.0656. The minimum Gasteiger partial charge on any atom is -0.480 e. The number of pyridine rings is 1. The van der Waals surface area contributed by atoms with Crippen molar-refractivity contribution in [1.82, 2.24) is 24.8 Å². The van der Waals surface area contributed by atoms with Crippen molar-refractivity contribution < 1.29 is 19.5 Å². The number of carboxylic acids is 1. The van der Waals surface area contributed by atoms with Crippen molar-refractivity contribution in [3.63, 3.8) is 0 Å². The number of carboxylic acid groups (broad SMARTS) is 1. The van der Waals surface area contributed by atoms with Crippen LogP contribution in [0.1, 0.15) is 20.3 Å². The van der Waals surface area contributed by atoms with Gasteiger partial charge in [-0.2, -0.15) is 0 Å². The molecule has 2 aromatic heterocycles. The highest BCUT2D eigenvalue weighted by atomic mass is 16.4. The second-order valence-electron chi connectivity index (χ2n) is 6.23. The van der Waals surface area contributed by atoms with Crippen LogP contribution in [0.3, 0.4) is 0 Å². The molecule has 0 spiro atoms. The summed E-state index contributed by atoms with van der Waals surface area (Å²) in [6.07, 6.45) is 1.82. The van der Waals surface area contributed by atoms with Gasteiger partial charge in [-0.3, -0.25) is 14.0 Å². The number of amides is 2. The Balaban J connectivity index is 1.89. The van der Waals surface area contributed by atoms with Crippen LogP contribution in [0.15, 0.2) is 29.2 Å². The molecular formula is C16H21N5O5. The maximum Gasteiger partial charge on any atom is 0.350 e. The molecule has 0 aliphatic carbocycles. The van der Waals surface area contributed by atoms with Gasteiger partial charge in [0.2, 0.25) is 11.8 Å². The summed E-state index contributed by atoms with van der Waals surface area (Å²) in [5, 5.41) is 17.8. The molecule has 0 radical (unpaired) electrons. The van der Waals surface area contributed by atoms with Crippen molar-refractivity contribution in [1.29, 1.82) is 0 Å². The lowest BCUT2D eigenvalue weighted by atomic mass is 10.0. The molecule has 0 saturated carbocycles. The fraction of sp³-hybridized carbons (Fsp3) is 0.438. The number of carbonyl (C=O) groups excluding carboxylic acids is 2. The van der Waals surface area contributed by atoms with Crippen LogP contribution in [0.4, 0.5) is 0 Å². The third-order valence-corrected chi connectivity index (χ3v) is 3.57. The number of aromatic nitrogens is 3. The zero-order valence-corrected chi connectivity index (χ0v) is 14.5. The number of nitrogens with one attached hydrogen (secondary N) is 2. The van der Waals surface area contributed by atoms with E-state index in [0.717, 1.165) is 4.68 Å². The van der Waals surface area contributed by atoms with Crippen molar-refractivity contribution in [2.24, 2.45) is 5.92 Å². The largest absolute Gasteiger partial charge is 0.480 e. The minimum absolute atomic E-state index is 0.0907. The monoisotopic (exact) mass is 363 g/mol. The summed E-state index contributed by atoms with van der Waals surface area (Å²) in [6, 6.07) is 4.00. The molecule has 2 heterocycles. The van der Waals surface area contributed by atoms with Gasteiger partial charge in [0.05, 0.1) is 6.54 Å². The van der Waals surface area contributed by atoms with E-state index in [1.54, 1.807) is 18.2 Å². The molecule has 0 unspecified atom stereocenters. The van der Waals surface area contributed by atoms with Gasteiger partial charge in [-0.15, -0.1) is 5.10 Å². The smallest absolute Gasteiger partial charge is 0.350 e. The summed E-state index contributed by atoms with van der Waals surface area (Å²) in [7, 11) is 0. The normalized spacial score (nSPS) is 12.1. The quantitative estimate of drug-likeness (QED) is 0.564. The molecule has 2 rings (SSSR count). The van der Waals surface area contributed by atoms with Crippen LogP contribution in [0.5, 0.6) is 0 Å². The molecule has 0 aliphatic rings. The van der Waals surface area contributed by atoms with Crippen molar-refractivity contribution in [3.05, 3.63) is 34.9 Å². The van der Waals surface area contributed by atoms with Crippen LogP contribution in [0.2, 0.25) is 0 Å². The third kappa shape index (κ3) is 4.91. The average molecular weight is 363 g/mol. The van der Waals surface area contributed by atoms with Crippen LogP contribution in [-0.4, -0.2) is 49.7 Å². The van der Waals surface area contributed by atoms with Gasteiger partial charge in [0.1, 0.15) is 12.6 Å². The molecule has 2 amide bonds. The highest BCUT2D eigenvalue weighted by Crippen LogP contribution is 2.04. The summed E-state index contributed by atoms with van der Waals surface area (Å²) in [5.74, 6) is -2.24.